The van der Waals surface area contributed by atoms with Crippen LogP contribution in [0.4, 0.5) is 0 Å². The van der Waals surface area contributed by atoms with Crippen LogP contribution in [-0.4, -0.2) is 15.4 Å². The molecule has 0 fully saturated rings. The first-order chi connectivity index (χ1) is 10.1. The number of benzene rings is 2. The zero-order chi connectivity index (χ0) is 15.0. The molecule has 21 heavy (non-hydrogen) atoms. The molecule has 0 radical (unpaired) electrons. The Labute approximate surface area is 134 Å². The normalized spacial score (nSPS) is 11.2. The Morgan fingerprint density at radius 2 is 1.76 bits per heavy atom. The Balaban J connectivity index is 2.35. The van der Waals surface area contributed by atoms with Gasteiger partial charge in [-0.25, -0.2) is 4.98 Å². The first-order valence-electron chi connectivity index (χ1n) is 6.90. The number of alkyl halides is 1. The molecule has 2 nitrogen and oxygen atoms in total. The van der Waals surface area contributed by atoms with E-state index in [4.69, 9.17) is 28.2 Å². The minimum Gasteiger partial charge on any atom is -0.295 e. The second kappa shape index (κ2) is 5.70. The van der Waals surface area contributed by atoms with Crippen LogP contribution in [0.15, 0.2) is 36.4 Å². The summed E-state index contributed by atoms with van der Waals surface area (Å²) in [5, 5.41) is 0.720. The van der Waals surface area contributed by atoms with Crippen molar-refractivity contribution in [3.05, 3.63) is 58.4 Å². The predicted molar refractivity (Wildman–Crippen MR) is 90.0 cm³/mol. The standard InChI is InChI=1S/C17H16Cl2N2/c1-11-3-5-13(19)15(9-11)21-16-10-12(2)4-6-14(16)20-17(21)7-8-18/h3-6,9-10H,7-8H2,1-2H3. The van der Waals surface area contributed by atoms with Gasteiger partial charge in [0.15, 0.2) is 0 Å². The summed E-state index contributed by atoms with van der Waals surface area (Å²) in [6.45, 7) is 4.14. The molecule has 0 atom stereocenters. The van der Waals surface area contributed by atoms with Crippen molar-refractivity contribution >= 4 is 34.2 Å². The topological polar surface area (TPSA) is 17.8 Å². The number of imidazole rings is 1. The SMILES string of the molecule is Cc1ccc(Cl)c(-n2c(CCCl)nc3ccc(C)cc32)c1. The van der Waals surface area contributed by atoms with Gasteiger partial charge in [-0.1, -0.05) is 23.7 Å². The lowest BCUT2D eigenvalue weighted by atomic mass is 10.2. The van der Waals surface area contributed by atoms with Gasteiger partial charge in [-0.3, -0.25) is 4.57 Å². The molecule has 0 bridgehead atoms. The van der Waals surface area contributed by atoms with Crippen molar-refractivity contribution in [2.24, 2.45) is 0 Å². The fraction of sp³-hybridized carbons (Fsp3) is 0.235. The maximum absolute atomic E-state index is 6.42. The third-order valence-corrected chi connectivity index (χ3v) is 4.05. The summed E-state index contributed by atoms with van der Waals surface area (Å²) in [6, 6.07) is 12.3. The van der Waals surface area contributed by atoms with Gasteiger partial charge in [0.05, 0.1) is 21.7 Å². The predicted octanol–water partition coefficient (Wildman–Crippen LogP) is 5.08. The van der Waals surface area contributed by atoms with Gasteiger partial charge in [-0.05, 0) is 49.2 Å². The van der Waals surface area contributed by atoms with Crippen LogP contribution in [0.5, 0.6) is 0 Å². The quantitative estimate of drug-likeness (QED) is 0.616. The molecule has 0 aliphatic heterocycles. The van der Waals surface area contributed by atoms with Gasteiger partial charge in [0.2, 0.25) is 0 Å². The molecular weight excluding hydrogens is 303 g/mol. The number of hydrogen-bond donors (Lipinski definition) is 0. The van der Waals surface area contributed by atoms with E-state index in [1.807, 2.05) is 18.2 Å². The fourth-order valence-corrected chi connectivity index (χ4v) is 2.92. The number of nitrogens with zero attached hydrogens (tertiary/aromatic N) is 2. The van der Waals surface area contributed by atoms with Crippen LogP contribution >= 0.6 is 23.2 Å². The summed E-state index contributed by atoms with van der Waals surface area (Å²) >= 11 is 12.4. The molecule has 0 spiro atoms. The van der Waals surface area contributed by atoms with E-state index < -0.39 is 0 Å². The Hall–Kier alpha value is -1.51. The average molecular weight is 319 g/mol. The molecule has 3 rings (SSSR count). The maximum atomic E-state index is 6.42. The van der Waals surface area contributed by atoms with E-state index >= 15 is 0 Å². The average Bonchev–Trinajstić information content (AvgIpc) is 2.79. The maximum Gasteiger partial charge on any atom is 0.115 e. The number of rotatable bonds is 3. The zero-order valence-electron chi connectivity index (χ0n) is 12.0. The summed E-state index contributed by atoms with van der Waals surface area (Å²) in [6.07, 6.45) is 0.708. The van der Waals surface area contributed by atoms with Gasteiger partial charge in [0, 0.05) is 12.3 Å². The van der Waals surface area contributed by atoms with Crippen molar-refractivity contribution in [3.8, 4) is 5.69 Å². The molecule has 4 heteroatoms. The van der Waals surface area contributed by atoms with Gasteiger partial charge in [-0.2, -0.15) is 0 Å². The monoisotopic (exact) mass is 318 g/mol. The van der Waals surface area contributed by atoms with Crippen LogP contribution in [0.1, 0.15) is 17.0 Å². The van der Waals surface area contributed by atoms with Crippen molar-refractivity contribution in [2.45, 2.75) is 20.3 Å². The van der Waals surface area contributed by atoms with Crippen LogP contribution in [0.25, 0.3) is 16.7 Å². The molecule has 2 aromatic carbocycles. The molecule has 0 aliphatic carbocycles. The van der Waals surface area contributed by atoms with Gasteiger partial charge in [0.1, 0.15) is 5.82 Å². The Morgan fingerprint density at radius 3 is 2.52 bits per heavy atom. The van der Waals surface area contributed by atoms with Crippen molar-refractivity contribution in [1.29, 1.82) is 0 Å². The molecule has 0 aliphatic rings. The summed E-state index contributed by atoms with van der Waals surface area (Å²) < 4.78 is 2.13. The molecule has 0 N–H and O–H groups in total. The third kappa shape index (κ3) is 2.66. The lowest BCUT2D eigenvalue weighted by Gasteiger charge is -2.12. The van der Waals surface area contributed by atoms with Crippen molar-refractivity contribution in [2.75, 3.05) is 5.88 Å². The number of halogens is 2. The molecule has 1 heterocycles. The number of aryl methyl sites for hydroxylation is 3. The van der Waals surface area contributed by atoms with Crippen LogP contribution in [-0.2, 0) is 6.42 Å². The van der Waals surface area contributed by atoms with Crippen LogP contribution < -0.4 is 0 Å². The van der Waals surface area contributed by atoms with Crippen LogP contribution in [0.2, 0.25) is 5.02 Å². The molecule has 3 aromatic rings. The molecule has 0 unspecified atom stereocenters. The van der Waals surface area contributed by atoms with E-state index in [0.717, 1.165) is 27.6 Å². The highest BCUT2D eigenvalue weighted by Crippen LogP contribution is 2.28. The number of hydrogen-bond acceptors (Lipinski definition) is 1. The lowest BCUT2D eigenvalue weighted by molar-refractivity contribution is 0.911. The Kier molecular flexibility index (Phi) is 3.92. The lowest BCUT2D eigenvalue weighted by Crippen LogP contribution is -2.03. The number of aromatic nitrogens is 2. The van der Waals surface area contributed by atoms with Gasteiger partial charge in [-0.15, -0.1) is 11.6 Å². The minimum absolute atomic E-state index is 0.533. The summed E-state index contributed by atoms with van der Waals surface area (Å²) in [5.74, 6) is 1.48. The highest BCUT2D eigenvalue weighted by atomic mass is 35.5. The Morgan fingerprint density at radius 1 is 1.05 bits per heavy atom. The molecule has 108 valence electrons. The van der Waals surface area contributed by atoms with Crippen molar-refractivity contribution < 1.29 is 0 Å². The highest BCUT2D eigenvalue weighted by Gasteiger charge is 2.14. The van der Waals surface area contributed by atoms with Crippen LogP contribution in [0.3, 0.4) is 0 Å². The van der Waals surface area contributed by atoms with E-state index in [1.54, 1.807) is 0 Å². The summed E-state index contributed by atoms with van der Waals surface area (Å²) in [5.41, 5.74) is 5.37. The van der Waals surface area contributed by atoms with Gasteiger partial charge >= 0.3 is 0 Å². The summed E-state index contributed by atoms with van der Waals surface area (Å²) in [4.78, 5) is 4.71. The molecular formula is C17H16Cl2N2. The second-order valence-electron chi connectivity index (χ2n) is 5.25. The minimum atomic E-state index is 0.533. The summed E-state index contributed by atoms with van der Waals surface area (Å²) in [7, 11) is 0. The fourth-order valence-electron chi connectivity index (χ4n) is 2.55. The number of fused-ring (bicyclic) bond motifs is 1. The van der Waals surface area contributed by atoms with E-state index in [2.05, 4.69) is 36.6 Å². The van der Waals surface area contributed by atoms with E-state index in [9.17, 15) is 0 Å². The highest BCUT2D eigenvalue weighted by molar-refractivity contribution is 6.32. The van der Waals surface area contributed by atoms with E-state index in [-0.39, 0.29) is 0 Å². The second-order valence-corrected chi connectivity index (χ2v) is 6.03. The first-order valence-corrected chi connectivity index (χ1v) is 7.82. The molecule has 0 saturated carbocycles. The first kappa shape index (κ1) is 14.4. The third-order valence-electron chi connectivity index (χ3n) is 3.54. The van der Waals surface area contributed by atoms with E-state index in [1.165, 1.54) is 11.1 Å². The smallest absolute Gasteiger partial charge is 0.115 e. The molecule has 1 aromatic heterocycles. The van der Waals surface area contributed by atoms with Gasteiger partial charge in [0.25, 0.3) is 0 Å². The Bertz CT molecular complexity index is 806. The van der Waals surface area contributed by atoms with Crippen molar-refractivity contribution in [3.63, 3.8) is 0 Å². The zero-order valence-corrected chi connectivity index (χ0v) is 13.5. The van der Waals surface area contributed by atoms with E-state index in [0.29, 0.717) is 12.3 Å². The van der Waals surface area contributed by atoms with Gasteiger partial charge < -0.3 is 0 Å². The van der Waals surface area contributed by atoms with Crippen LogP contribution in [0, 0.1) is 13.8 Å². The molecule has 0 amide bonds. The molecule has 0 saturated heterocycles. The van der Waals surface area contributed by atoms with Crippen molar-refractivity contribution in [1.82, 2.24) is 9.55 Å². The largest absolute Gasteiger partial charge is 0.295 e.